The third kappa shape index (κ3) is 3.35. The van der Waals surface area contributed by atoms with Gasteiger partial charge in [-0.3, -0.25) is 9.89 Å². The number of amides is 1. The number of nitrogens with one attached hydrogen (secondary N) is 2. The van der Waals surface area contributed by atoms with Crippen molar-refractivity contribution in [1.29, 1.82) is 0 Å². The predicted molar refractivity (Wildman–Crippen MR) is 72.7 cm³/mol. The van der Waals surface area contributed by atoms with Crippen LogP contribution in [0.25, 0.3) is 6.08 Å². The number of halogens is 2. The first-order valence-electron chi connectivity index (χ1n) is 5.08. The van der Waals surface area contributed by atoms with E-state index in [0.29, 0.717) is 15.9 Å². The highest BCUT2D eigenvalue weighted by atomic mass is 35.5. The van der Waals surface area contributed by atoms with Crippen LogP contribution in [0.3, 0.4) is 0 Å². The summed E-state index contributed by atoms with van der Waals surface area (Å²) in [6, 6.07) is 6.79. The fourth-order valence-corrected chi connectivity index (χ4v) is 1.59. The number of rotatable bonds is 3. The molecule has 0 saturated carbocycles. The van der Waals surface area contributed by atoms with E-state index in [4.69, 9.17) is 23.2 Å². The lowest BCUT2D eigenvalue weighted by atomic mass is 10.2. The predicted octanol–water partition coefficient (Wildman–Crippen LogP) is 3.37. The van der Waals surface area contributed by atoms with Gasteiger partial charge in [-0.1, -0.05) is 29.3 Å². The fourth-order valence-electron chi connectivity index (χ4n) is 1.29. The Hall–Kier alpha value is -1.78. The second kappa shape index (κ2) is 5.71. The molecule has 0 saturated heterocycles. The van der Waals surface area contributed by atoms with Crippen molar-refractivity contribution in [2.75, 3.05) is 5.32 Å². The molecule has 0 fully saturated rings. The largest absolute Gasteiger partial charge is 0.307 e. The van der Waals surface area contributed by atoms with Gasteiger partial charge in [-0.05, 0) is 23.8 Å². The van der Waals surface area contributed by atoms with Gasteiger partial charge in [-0.25, -0.2) is 0 Å². The minimum atomic E-state index is -0.259. The van der Waals surface area contributed by atoms with Gasteiger partial charge in [0.1, 0.15) is 5.82 Å². The molecule has 2 aromatic rings. The molecule has 1 heterocycles. The lowest BCUT2D eigenvalue weighted by Gasteiger charge is -1.98. The number of aromatic nitrogens is 2. The Bertz CT molecular complexity index is 579. The summed E-state index contributed by atoms with van der Waals surface area (Å²) in [5, 5.41) is 9.90. The van der Waals surface area contributed by atoms with Gasteiger partial charge in [0.2, 0.25) is 5.91 Å². The van der Waals surface area contributed by atoms with Crippen molar-refractivity contribution in [1.82, 2.24) is 10.2 Å². The number of benzene rings is 1. The van der Waals surface area contributed by atoms with Crippen molar-refractivity contribution in [2.24, 2.45) is 0 Å². The van der Waals surface area contributed by atoms with E-state index >= 15 is 0 Å². The van der Waals surface area contributed by atoms with E-state index < -0.39 is 0 Å². The molecule has 6 heteroatoms. The first kappa shape index (κ1) is 12.7. The SMILES string of the molecule is O=C(C=Cc1ccc(Cl)c(Cl)c1)Nc1ccn[nH]1. The van der Waals surface area contributed by atoms with Gasteiger partial charge in [-0.2, -0.15) is 5.10 Å². The van der Waals surface area contributed by atoms with Crippen LogP contribution in [0.1, 0.15) is 5.56 Å². The van der Waals surface area contributed by atoms with Crippen LogP contribution < -0.4 is 5.32 Å². The van der Waals surface area contributed by atoms with Gasteiger partial charge in [0.25, 0.3) is 0 Å². The van der Waals surface area contributed by atoms with Crippen molar-refractivity contribution >= 4 is 41.0 Å². The number of hydrogen-bond donors (Lipinski definition) is 2. The van der Waals surface area contributed by atoms with Crippen LogP contribution in [0.15, 0.2) is 36.5 Å². The van der Waals surface area contributed by atoms with Gasteiger partial charge in [-0.15, -0.1) is 0 Å². The molecular formula is C12H9Cl2N3O. The first-order valence-corrected chi connectivity index (χ1v) is 5.84. The molecule has 0 aliphatic rings. The van der Waals surface area contributed by atoms with Gasteiger partial charge < -0.3 is 5.32 Å². The quantitative estimate of drug-likeness (QED) is 0.848. The Morgan fingerprint density at radius 2 is 2.11 bits per heavy atom. The van der Waals surface area contributed by atoms with Crippen LogP contribution in [0.4, 0.5) is 5.82 Å². The number of nitrogens with zero attached hydrogens (tertiary/aromatic N) is 1. The lowest BCUT2D eigenvalue weighted by molar-refractivity contribution is -0.111. The van der Waals surface area contributed by atoms with Crippen molar-refractivity contribution in [3.8, 4) is 0 Å². The number of hydrogen-bond acceptors (Lipinski definition) is 2. The molecule has 0 spiro atoms. The summed E-state index contributed by atoms with van der Waals surface area (Å²) in [5.74, 6) is 0.282. The van der Waals surface area contributed by atoms with Crippen molar-refractivity contribution in [3.05, 3.63) is 52.1 Å². The highest BCUT2D eigenvalue weighted by molar-refractivity contribution is 6.42. The second-order valence-corrected chi connectivity index (χ2v) is 4.28. The Balaban J connectivity index is 2.01. The minimum absolute atomic E-state index is 0.259. The summed E-state index contributed by atoms with van der Waals surface area (Å²) in [6.07, 6.45) is 4.60. The van der Waals surface area contributed by atoms with Crippen LogP contribution in [0, 0.1) is 0 Å². The summed E-state index contributed by atoms with van der Waals surface area (Å²) in [5.41, 5.74) is 0.796. The maximum atomic E-state index is 11.5. The molecule has 0 atom stereocenters. The van der Waals surface area contributed by atoms with E-state index in [2.05, 4.69) is 15.5 Å². The Morgan fingerprint density at radius 1 is 1.28 bits per heavy atom. The van der Waals surface area contributed by atoms with E-state index in [1.807, 2.05) is 0 Å². The topological polar surface area (TPSA) is 57.8 Å². The van der Waals surface area contributed by atoms with E-state index in [9.17, 15) is 4.79 Å². The molecule has 0 aliphatic carbocycles. The summed E-state index contributed by atoms with van der Waals surface area (Å²) in [6.45, 7) is 0. The van der Waals surface area contributed by atoms with E-state index in [0.717, 1.165) is 5.56 Å². The first-order chi connectivity index (χ1) is 8.65. The zero-order valence-electron chi connectivity index (χ0n) is 9.15. The summed E-state index contributed by atoms with van der Waals surface area (Å²) < 4.78 is 0. The number of aromatic amines is 1. The van der Waals surface area contributed by atoms with E-state index in [1.54, 1.807) is 36.5 Å². The van der Waals surface area contributed by atoms with Crippen LogP contribution in [-0.2, 0) is 4.79 Å². The number of carbonyl (C=O) groups excluding carboxylic acids is 1. The zero-order chi connectivity index (χ0) is 13.0. The van der Waals surface area contributed by atoms with Gasteiger partial charge in [0.15, 0.2) is 0 Å². The number of anilines is 1. The smallest absolute Gasteiger partial charge is 0.249 e. The molecule has 0 unspecified atom stereocenters. The average Bonchev–Trinajstić information content (AvgIpc) is 2.83. The molecular weight excluding hydrogens is 273 g/mol. The number of H-pyrrole nitrogens is 1. The maximum Gasteiger partial charge on any atom is 0.249 e. The second-order valence-electron chi connectivity index (χ2n) is 3.47. The monoisotopic (exact) mass is 281 g/mol. The maximum absolute atomic E-state index is 11.5. The highest BCUT2D eigenvalue weighted by Crippen LogP contribution is 2.23. The summed E-state index contributed by atoms with van der Waals surface area (Å²) >= 11 is 11.7. The third-order valence-electron chi connectivity index (χ3n) is 2.13. The molecule has 1 aromatic carbocycles. The Labute approximate surface area is 114 Å². The molecule has 92 valence electrons. The lowest BCUT2D eigenvalue weighted by Crippen LogP contribution is -2.07. The fraction of sp³-hybridized carbons (Fsp3) is 0. The van der Waals surface area contributed by atoms with Crippen molar-refractivity contribution < 1.29 is 4.79 Å². The average molecular weight is 282 g/mol. The molecule has 2 rings (SSSR count). The van der Waals surface area contributed by atoms with Gasteiger partial charge >= 0.3 is 0 Å². The molecule has 0 radical (unpaired) electrons. The summed E-state index contributed by atoms with van der Waals surface area (Å²) in [4.78, 5) is 11.5. The summed E-state index contributed by atoms with van der Waals surface area (Å²) in [7, 11) is 0. The normalized spacial score (nSPS) is 10.8. The number of carbonyl (C=O) groups is 1. The molecule has 0 aliphatic heterocycles. The molecule has 4 nitrogen and oxygen atoms in total. The Morgan fingerprint density at radius 3 is 2.78 bits per heavy atom. The molecule has 1 amide bonds. The van der Waals surface area contributed by atoms with Crippen molar-refractivity contribution in [2.45, 2.75) is 0 Å². The van der Waals surface area contributed by atoms with E-state index in [1.165, 1.54) is 6.08 Å². The third-order valence-corrected chi connectivity index (χ3v) is 2.87. The standard InChI is InChI=1S/C12H9Cl2N3O/c13-9-3-1-8(7-10(9)14)2-4-12(18)16-11-5-6-15-17-11/h1-7H,(H2,15,16,17,18). The van der Waals surface area contributed by atoms with Crippen LogP contribution >= 0.6 is 23.2 Å². The highest BCUT2D eigenvalue weighted by Gasteiger charge is 1.99. The van der Waals surface area contributed by atoms with Crippen LogP contribution in [0.5, 0.6) is 0 Å². The van der Waals surface area contributed by atoms with E-state index in [-0.39, 0.29) is 5.91 Å². The van der Waals surface area contributed by atoms with Crippen molar-refractivity contribution in [3.63, 3.8) is 0 Å². The zero-order valence-corrected chi connectivity index (χ0v) is 10.7. The molecule has 0 bridgehead atoms. The molecule has 2 N–H and O–H groups in total. The van der Waals surface area contributed by atoms with Gasteiger partial charge in [0, 0.05) is 12.1 Å². The Kier molecular flexibility index (Phi) is 4.02. The van der Waals surface area contributed by atoms with Gasteiger partial charge in [0.05, 0.1) is 16.2 Å². The molecule has 1 aromatic heterocycles. The van der Waals surface area contributed by atoms with Crippen LogP contribution in [0.2, 0.25) is 10.0 Å². The minimum Gasteiger partial charge on any atom is -0.307 e. The molecule has 18 heavy (non-hydrogen) atoms. The van der Waals surface area contributed by atoms with Crippen LogP contribution in [-0.4, -0.2) is 16.1 Å².